The van der Waals surface area contributed by atoms with E-state index < -0.39 is 34.8 Å². The highest BCUT2D eigenvalue weighted by Crippen LogP contribution is 2.38. The molecule has 0 bridgehead atoms. The Hall–Kier alpha value is -2.46. The Morgan fingerprint density at radius 1 is 1.03 bits per heavy atom. The van der Waals surface area contributed by atoms with Crippen LogP contribution in [0.2, 0.25) is 0 Å². The van der Waals surface area contributed by atoms with Crippen molar-refractivity contribution in [3.05, 3.63) is 29.3 Å². The first-order valence-corrected chi connectivity index (χ1v) is 12.8. The van der Waals surface area contributed by atoms with E-state index in [-0.39, 0.29) is 36.2 Å². The fourth-order valence-corrected chi connectivity index (χ4v) is 4.94. The van der Waals surface area contributed by atoms with Crippen molar-refractivity contribution in [3.63, 3.8) is 0 Å². The van der Waals surface area contributed by atoms with Gasteiger partial charge in [0.2, 0.25) is 11.8 Å². The molecule has 3 N–H and O–H groups in total. The molecule has 11 heteroatoms. The summed E-state index contributed by atoms with van der Waals surface area (Å²) in [7, 11) is 0. The number of anilines is 1. The van der Waals surface area contributed by atoms with Gasteiger partial charge >= 0.3 is 12.4 Å². The normalized spacial score (nSPS) is 18.5. The monoisotopic (exact) mass is 537 g/mol. The molecule has 0 unspecified atom stereocenters. The maximum Gasteiger partial charge on any atom is 0.416 e. The first kappa shape index (κ1) is 30.8. The number of halogens is 6. The lowest BCUT2D eigenvalue weighted by Crippen LogP contribution is -2.56. The van der Waals surface area contributed by atoms with Crippen LogP contribution in [0.15, 0.2) is 18.2 Å². The van der Waals surface area contributed by atoms with Crippen LogP contribution in [0.25, 0.3) is 0 Å². The highest BCUT2D eigenvalue weighted by molar-refractivity contribution is 6.04. The maximum absolute atomic E-state index is 13.8. The number of hydrogen-bond acceptors (Lipinski definition) is 3. The fourth-order valence-electron chi connectivity index (χ4n) is 4.94. The van der Waals surface area contributed by atoms with Gasteiger partial charge in [-0.15, -0.1) is 0 Å². The number of carbonyl (C=O) groups is 2. The molecular weight excluding hydrogens is 500 g/mol. The average Bonchev–Trinajstić information content (AvgIpc) is 2.80. The minimum absolute atomic E-state index is 0.0520. The van der Waals surface area contributed by atoms with E-state index in [0.717, 1.165) is 12.8 Å². The third-order valence-electron chi connectivity index (χ3n) is 6.99. The number of rotatable bonds is 11. The number of nitrogens with zero attached hydrogens (tertiary/aromatic N) is 1. The summed E-state index contributed by atoms with van der Waals surface area (Å²) in [6.07, 6.45) is -5.50. The van der Waals surface area contributed by atoms with Gasteiger partial charge in [0.15, 0.2) is 0 Å². The van der Waals surface area contributed by atoms with Crippen molar-refractivity contribution in [1.82, 2.24) is 4.90 Å². The van der Waals surface area contributed by atoms with Crippen LogP contribution >= 0.6 is 0 Å². The number of nitrogens with one attached hydrogen (secondary N) is 1. The van der Waals surface area contributed by atoms with Gasteiger partial charge in [0.1, 0.15) is 5.41 Å². The molecule has 0 aliphatic carbocycles. The second kappa shape index (κ2) is 12.4. The summed E-state index contributed by atoms with van der Waals surface area (Å²) in [5.74, 6) is -0.726. The lowest BCUT2D eigenvalue weighted by molar-refractivity contribution is -0.154. The van der Waals surface area contributed by atoms with Crippen molar-refractivity contribution in [2.24, 2.45) is 17.1 Å². The summed E-state index contributed by atoms with van der Waals surface area (Å²) in [5, 5.41) is 2.67. The molecule has 1 aromatic rings. The Morgan fingerprint density at radius 3 is 2.11 bits per heavy atom. The zero-order chi connectivity index (χ0) is 28.0. The summed E-state index contributed by atoms with van der Waals surface area (Å²) in [4.78, 5) is 28.0. The van der Waals surface area contributed by atoms with Crippen LogP contribution in [0.4, 0.5) is 32.0 Å². The van der Waals surface area contributed by atoms with Gasteiger partial charge in [-0.3, -0.25) is 9.59 Å². The molecule has 2 rings (SSSR count). The number of benzene rings is 1. The van der Waals surface area contributed by atoms with E-state index in [0.29, 0.717) is 57.2 Å². The minimum atomic E-state index is -4.93. The lowest BCUT2D eigenvalue weighted by Gasteiger charge is -2.42. The van der Waals surface area contributed by atoms with Crippen LogP contribution in [0.5, 0.6) is 0 Å². The molecule has 1 aromatic carbocycles. The number of nitrogens with two attached hydrogens (primary N) is 1. The SMILES string of the molecule is CCC[C@](CCC(C)C)(C(N)=O)C(=O)N1CCCC[C@@H]1CCNc1cc(C(F)(F)F)cc(C(F)(F)F)c1. The molecule has 0 spiro atoms. The first-order valence-electron chi connectivity index (χ1n) is 12.8. The van der Waals surface area contributed by atoms with Crippen molar-refractivity contribution in [2.45, 2.75) is 90.5 Å². The highest BCUT2D eigenvalue weighted by Gasteiger charge is 2.47. The zero-order valence-corrected chi connectivity index (χ0v) is 21.6. The van der Waals surface area contributed by atoms with Crippen molar-refractivity contribution in [1.29, 1.82) is 0 Å². The van der Waals surface area contributed by atoms with Gasteiger partial charge in [-0.1, -0.05) is 27.2 Å². The summed E-state index contributed by atoms with van der Waals surface area (Å²) in [6.45, 7) is 6.34. The third-order valence-corrected chi connectivity index (χ3v) is 6.99. The van der Waals surface area contributed by atoms with Crippen molar-refractivity contribution >= 4 is 17.5 Å². The molecule has 1 saturated heterocycles. The molecule has 210 valence electrons. The van der Waals surface area contributed by atoms with E-state index in [1.54, 1.807) is 4.90 Å². The Labute approximate surface area is 214 Å². The fraction of sp³-hybridized carbons (Fsp3) is 0.692. The number of carbonyl (C=O) groups excluding carboxylic acids is 2. The number of hydrogen-bond donors (Lipinski definition) is 2. The van der Waals surface area contributed by atoms with Gasteiger partial charge < -0.3 is 16.0 Å². The predicted octanol–water partition coefficient (Wildman–Crippen LogP) is 6.62. The van der Waals surface area contributed by atoms with Gasteiger partial charge in [-0.2, -0.15) is 26.3 Å². The molecule has 2 atom stereocenters. The molecule has 37 heavy (non-hydrogen) atoms. The topological polar surface area (TPSA) is 75.4 Å². The number of primary amides is 1. The van der Waals surface area contributed by atoms with Gasteiger partial charge in [0.25, 0.3) is 0 Å². The van der Waals surface area contributed by atoms with Crippen molar-refractivity contribution in [3.8, 4) is 0 Å². The van der Waals surface area contributed by atoms with E-state index in [9.17, 15) is 35.9 Å². The predicted molar refractivity (Wildman–Crippen MR) is 130 cm³/mol. The highest BCUT2D eigenvalue weighted by atomic mass is 19.4. The van der Waals surface area contributed by atoms with Gasteiger partial charge in [0, 0.05) is 24.8 Å². The summed E-state index contributed by atoms with van der Waals surface area (Å²) in [5.41, 5.74) is 1.37. The van der Waals surface area contributed by atoms with E-state index in [1.807, 2.05) is 20.8 Å². The molecule has 5 nitrogen and oxygen atoms in total. The third kappa shape index (κ3) is 8.01. The van der Waals surface area contributed by atoms with Gasteiger partial charge in [0.05, 0.1) is 11.1 Å². The molecule has 0 aromatic heterocycles. The number of piperidine rings is 1. The van der Waals surface area contributed by atoms with Crippen LogP contribution in [-0.4, -0.2) is 35.8 Å². The zero-order valence-electron chi connectivity index (χ0n) is 21.6. The summed E-state index contributed by atoms with van der Waals surface area (Å²) >= 11 is 0. The lowest BCUT2D eigenvalue weighted by atomic mass is 9.75. The van der Waals surface area contributed by atoms with E-state index >= 15 is 0 Å². The quantitative estimate of drug-likeness (QED) is 0.246. The summed E-state index contributed by atoms with van der Waals surface area (Å²) < 4.78 is 79.0. The van der Waals surface area contributed by atoms with Gasteiger partial charge in [-0.25, -0.2) is 0 Å². The molecule has 1 fully saturated rings. The molecule has 1 aliphatic rings. The summed E-state index contributed by atoms with van der Waals surface area (Å²) in [6, 6.07) is 1.06. The smallest absolute Gasteiger partial charge is 0.385 e. The number of alkyl halides is 6. The van der Waals surface area contributed by atoms with Crippen LogP contribution in [0.1, 0.15) is 83.3 Å². The van der Waals surface area contributed by atoms with E-state index in [1.165, 1.54) is 0 Å². The van der Waals surface area contributed by atoms with E-state index in [4.69, 9.17) is 5.73 Å². The molecule has 0 saturated carbocycles. The Balaban J connectivity index is 2.23. The Kier molecular flexibility index (Phi) is 10.3. The first-order chi connectivity index (χ1) is 17.1. The molecular formula is C26H37F6N3O2. The van der Waals surface area contributed by atoms with Crippen molar-refractivity contribution < 1.29 is 35.9 Å². The minimum Gasteiger partial charge on any atom is -0.385 e. The van der Waals surface area contributed by atoms with E-state index in [2.05, 4.69) is 5.32 Å². The Morgan fingerprint density at radius 2 is 1.62 bits per heavy atom. The van der Waals surface area contributed by atoms with Crippen molar-refractivity contribution in [2.75, 3.05) is 18.4 Å². The second-order valence-electron chi connectivity index (χ2n) is 10.3. The van der Waals surface area contributed by atoms with Crippen LogP contribution in [0, 0.1) is 11.3 Å². The number of likely N-dealkylation sites (tertiary alicyclic amines) is 1. The molecule has 1 heterocycles. The number of amides is 2. The van der Waals surface area contributed by atoms with Crippen LogP contribution < -0.4 is 11.1 Å². The van der Waals surface area contributed by atoms with Crippen LogP contribution in [0.3, 0.4) is 0 Å². The standard InChI is InChI=1S/C26H37F6N3O2/c1-4-10-24(22(33)36,11-8-17(2)3)23(37)35-13-6-5-7-21(35)9-12-34-20-15-18(25(27,28)29)14-19(16-20)26(30,31)32/h14-17,21,34H,4-13H2,1-3H3,(H2,33,36)/t21-,24+/m1/s1. The average molecular weight is 538 g/mol. The van der Waals surface area contributed by atoms with Gasteiger partial charge in [-0.05, 0) is 69.1 Å². The Bertz CT molecular complexity index is 900. The van der Waals surface area contributed by atoms with Crippen LogP contribution in [-0.2, 0) is 21.9 Å². The second-order valence-corrected chi connectivity index (χ2v) is 10.3. The molecule has 0 radical (unpaired) electrons. The molecule has 1 aliphatic heterocycles. The molecule has 2 amide bonds. The largest absolute Gasteiger partial charge is 0.416 e. The maximum atomic E-state index is 13.8.